The summed E-state index contributed by atoms with van der Waals surface area (Å²) in [4.78, 5) is 4.00. The number of hydrazine groups is 1. The number of halogens is 1. The minimum absolute atomic E-state index is 0.271. The van der Waals surface area contributed by atoms with Crippen molar-refractivity contribution in [1.82, 2.24) is 10.4 Å². The van der Waals surface area contributed by atoms with Gasteiger partial charge in [0, 0.05) is 40.9 Å². The number of pyridine rings is 1. The average molecular weight is 290 g/mol. The van der Waals surface area contributed by atoms with Crippen LogP contribution in [0.25, 0.3) is 0 Å². The molecule has 1 aromatic rings. The number of rotatable bonds is 4. The van der Waals surface area contributed by atoms with Crippen LogP contribution in [0.4, 0.5) is 0 Å². The Morgan fingerprint density at radius 2 is 2.47 bits per heavy atom. The SMILES string of the molecule is NNC(Cc1ccncc1Cl)C1CSCCS1. The van der Waals surface area contributed by atoms with E-state index < -0.39 is 0 Å². The Morgan fingerprint density at radius 1 is 1.59 bits per heavy atom. The van der Waals surface area contributed by atoms with Gasteiger partial charge in [-0.3, -0.25) is 16.3 Å². The van der Waals surface area contributed by atoms with Gasteiger partial charge in [0.1, 0.15) is 0 Å². The van der Waals surface area contributed by atoms with Gasteiger partial charge in [0.2, 0.25) is 0 Å². The van der Waals surface area contributed by atoms with Gasteiger partial charge in [0.05, 0.1) is 5.02 Å². The lowest BCUT2D eigenvalue weighted by atomic mass is 10.1. The van der Waals surface area contributed by atoms with E-state index in [0.717, 1.165) is 22.8 Å². The van der Waals surface area contributed by atoms with Gasteiger partial charge in [-0.2, -0.15) is 23.5 Å². The fraction of sp³-hybridized carbons (Fsp3) is 0.545. The summed E-state index contributed by atoms with van der Waals surface area (Å²) in [6.07, 6.45) is 4.32. The van der Waals surface area contributed by atoms with Crippen LogP contribution in [0.3, 0.4) is 0 Å². The summed E-state index contributed by atoms with van der Waals surface area (Å²) in [6, 6.07) is 2.24. The van der Waals surface area contributed by atoms with Gasteiger partial charge in [0.15, 0.2) is 0 Å². The summed E-state index contributed by atoms with van der Waals surface area (Å²) < 4.78 is 0. The standard InChI is InChI=1S/C11H16ClN3S2/c12-9-6-14-2-1-8(9)5-10(15-13)11-7-16-3-4-17-11/h1-2,6,10-11,15H,3-5,7,13H2. The molecule has 1 aliphatic heterocycles. The molecule has 2 unspecified atom stereocenters. The minimum Gasteiger partial charge on any atom is -0.271 e. The van der Waals surface area contributed by atoms with Gasteiger partial charge in [-0.05, 0) is 18.1 Å². The Kier molecular flexibility index (Phi) is 5.44. The number of aromatic nitrogens is 1. The Hall–Kier alpha value is 0.0600. The van der Waals surface area contributed by atoms with E-state index in [4.69, 9.17) is 17.4 Å². The van der Waals surface area contributed by atoms with Crippen molar-refractivity contribution in [2.24, 2.45) is 5.84 Å². The molecule has 0 bridgehead atoms. The first-order valence-electron chi connectivity index (χ1n) is 5.55. The third kappa shape index (κ3) is 3.76. The lowest BCUT2D eigenvalue weighted by Crippen LogP contribution is -2.46. The van der Waals surface area contributed by atoms with Crippen molar-refractivity contribution in [2.45, 2.75) is 17.7 Å². The maximum Gasteiger partial charge on any atom is 0.0621 e. The van der Waals surface area contributed by atoms with Crippen molar-refractivity contribution in [1.29, 1.82) is 0 Å². The lowest BCUT2D eigenvalue weighted by Gasteiger charge is -2.29. The monoisotopic (exact) mass is 289 g/mol. The summed E-state index contributed by atoms with van der Waals surface area (Å²) >= 11 is 10.1. The molecule has 1 fully saturated rings. The second-order valence-electron chi connectivity index (χ2n) is 3.93. The molecule has 0 spiro atoms. The molecule has 94 valence electrons. The highest BCUT2D eigenvalue weighted by Gasteiger charge is 2.24. The fourth-order valence-electron chi connectivity index (χ4n) is 1.84. The van der Waals surface area contributed by atoms with E-state index in [2.05, 4.69) is 10.4 Å². The van der Waals surface area contributed by atoms with Crippen molar-refractivity contribution in [2.75, 3.05) is 17.3 Å². The van der Waals surface area contributed by atoms with Gasteiger partial charge < -0.3 is 0 Å². The van der Waals surface area contributed by atoms with Gasteiger partial charge in [0.25, 0.3) is 0 Å². The van der Waals surface area contributed by atoms with Gasteiger partial charge in [-0.15, -0.1) is 0 Å². The molecule has 3 N–H and O–H groups in total. The van der Waals surface area contributed by atoms with Crippen molar-refractivity contribution in [3.8, 4) is 0 Å². The number of nitrogens with zero attached hydrogens (tertiary/aromatic N) is 1. The zero-order valence-corrected chi connectivity index (χ0v) is 11.8. The zero-order valence-electron chi connectivity index (χ0n) is 9.43. The Balaban J connectivity index is 2.01. The highest BCUT2D eigenvalue weighted by molar-refractivity contribution is 8.06. The van der Waals surface area contributed by atoms with Gasteiger partial charge in [-0.1, -0.05) is 11.6 Å². The molecule has 2 atom stereocenters. The van der Waals surface area contributed by atoms with E-state index >= 15 is 0 Å². The molecule has 3 nitrogen and oxygen atoms in total. The zero-order chi connectivity index (χ0) is 12.1. The molecule has 0 amide bonds. The molecule has 0 saturated carbocycles. The first-order chi connectivity index (χ1) is 8.31. The number of thioether (sulfide) groups is 2. The van der Waals surface area contributed by atoms with Crippen LogP contribution in [0.2, 0.25) is 5.02 Å². The topological polar surface area (TPSA) is 50.9 Å². The van der Waals surface area contributed by atoms with Crippen LogP contribution in [0.1, 0.15) is 5.56 Å². The lowest BCUT2D eigenvalue weighted by molar-refractivity contribution is 0.523. The summed E-state index contributed by atoms with van der Waals surface area (Å²) in [7, 11) is 0. The first kappa shape index (κ1) is 13.5. The Bertz CT molecular complexity index is 358. The average Bonchev–Trinajstić information content (AvgIpc) is 2.39. The van der Waals surface area contributed by atoms with Crippen LogP contribution in [0, 0.1) is 0 Å². The maximum absolute atomic E-state index is 6.12. The predicted octanol–water partition coefficient (Wildman–Crippen LogP) is 1.96. The molecule has 0 aromatic carbocycles. The second-order valence-corrected chi connectivity index (χ2v) is 6.83. The molecule has 1 saturated heterocycles. The van der Waals surface area contributed by atoms with E-state index in [1.54, 1.807) is 12.4 Å². The number of hydrogen-bond acceptors (Lipinski definition) is 5. The first-order valence-corrected chi connectivity index (χ1v) is 8.13. The molecule has 0 radical (unpaired) electrons. The molecule has 1 aromatic heterocycles. The van der Waals surface area contributed by atoms with E-state index in [-0.39, 0.29) is 6.04 Å². The second kappa shape index (κ2) is 6.85. The minimum atomic E-state index is 0.271. The van der Waals surface area contributed by atoms with E-state index in [0.29, 0.717) is 5.25 Å². The van der Waals surface area contributed by atoms with Crippen LogP contribution in [-0.4, -0.2) is 33.5 Å². The van der Waals surface area contributed by atoms with Crippen molar-refractivity contribution < 1.29 is 0 Å². The molecule has 1 aliphatic rings. The maximum atomic E-state index is 6.12. The van der Waals surface area contributed by atoms with E-state index in [1.165, 1.54) is 11.5 Å². The van der Waals surface area contributed by atoms with Crippen molar-refractivity contribution in [3.05, 3.63) is 29.0 Å². The molecule has 6 heteroatoms. The summed E-state index contributed by atoms with van der Waals surface area (Å²) in [5.41, 5.74) is 4.05. The number of hydrogen-bond donors (Lipinski definition) is 2. The van der Waals surface area contributed by atoms with E-state index in [9.17, 15) is 0 Å². The predicted molar refractivity (Wildman–Crippen MR) is 77.6 cm³/mol. The van der Waals surface area contributed by atoms with Crippen molar-refractivity contribution >= 4 is 35.1 Å². The molecule has 2 heterocycles. The number of nitrogens with one attached hydrogen (secondary N) is 1. The molecule has 2 rings (SSSR count). The van der Waals surface area contributed by atoms with Crippen LogP contribution in [-0.2, 0) is 6.42 Å². The highest BCUT2D eigenvalue weighted by atomic mass is 35.5. The molecule has 17 heavy (non-hydrogen) atoms. The van der Waals surface area contributed by atoms with Gasteiger partial charge in [-0.25, -0.2) is 0 Å². The van der Waals surface area contributed by atoms with E-state index in [1.807, 2.05) is 29.6 Å². The quantitative estimate of drug-likeness (QED) is 0.655. The Morgan fingerprint density at radius 3 is 3.12 bits per heavy atom. The third-order valence-electron chi connectivity index (χ3n) is 2.80. The van der Waals surface area contributed by atoms with Crippen LogP contribution in [0.5, 0.6) is 0 Å². The largest absolute Gasteiger partial charge is 0.271 e. The molecule has 0 aliphatic carbocycles. The molecular formula is C11H16ClN3S2. The third-order valence-corrected chi connectivity index (χ3v) is 6.06. The number of nitrogens with two attached hydrogens (primary N) is 1. The molecular weight excluding hydrogens is 274 g/mol. The van der Waals surface area contributed by atoms with Crippen LogP contribution >= 0.6 is 35.1 Å². The fourth-order valence-corrected chi connectivity index (χ4v) is 4.91. The normalized spacial score (nSPS) is 22.4. The Labute approximate surface area is 115 Å². The van der Waals surface area contributed by atoms with Gasteiger partial charge >= 0.3 is 0 Å². The smallest absolute Gasteiger partial charge is 0.0621 e. The highest BCUT2D eigenvalue weighted by Crippen LogP contribution is 2.28. The summed E-state index contributed by atoms with van der Waals surface area (Å²) in [5, 5.41) is 1.28. The van der Waals surface area contributed by atoms with Crippen LogP contribution < -0.4 is 11.3 Å². The summed E-state index contributed by atoms with van der Waals surface area (Å²) in [5.74, 6) is 9.28. The van der Waals surface area contributed by atoms with Crippen LogP contribution in [0.15, 0.2) is 18.5 Å². The van der Waals surface area contributed by atoms with Crippen molar-refractivity contribution in [3.63, 3.8) is 0 Å². The summed E-state index contributed by atoms with van der Waals surface area (Å²) in [6.45, 7) is 0.